The van der Waals surface area contributed by atoms with E-state index in [-0.39, 0.29) is 34.5 Å². The third-order valence-corrected chi connectivity index (χ3v) is 11.1. The number of nitrogens with one attached hydrogen (secondary N) is 3. The number of benzene rings is 3. The van der Waals surface area contributed by atoms with E-state index in [1.165, 1.54) is 18.3 Å². The summed E-state index contributed by atoms with van der Waals surface area (Å²) in [5, 5.41) is 30.3. The molecule has 7 N–H and O–H groups in total. The number of ether oxygens (including phenoxy) is 2. The van der Waals surface area contributed by atoms with Gasteiger partial charge in [-0.05, 0) is 62.2 Å². The van der Waals surface area contributed by atoms with E-state index in [0.717, 1.165) is 57.9 Å². The first-order valence-corrected chi connectivity index (χ1v) is 19.7. The number of aliphatic hydroxyl groups excluding tert-OH is 1. The van der Waals surface area contributed by atoms with Crippen LogP contribution in [0.3, 0.4) is 0 Å². The minimum atomic E-state index is -3.60. The maximum Gasteiger partial charge on any atom is 0.262 e. The first-order valence-electron chi connectivity index (χ1n) is 18.0. The van der Waals surface area contributed by atoms with Crippen LogP contribution >= 0.6 is 0 Å². The average Bonchev–Trinajstić information content (AvgIpc) is 3.13. The lowest BCUT2D eigenvalue weighted by molar-refractivity contribution is -0.118. The Bertz CT molecular complexity index is 2040. The fraction of sp³-hybridized carbons (Fsp3) is 0.410. The van der Waals surface area contributed by atoms with Crippen molar-refractivity contribution in [2.75, 3.05) is 43.2 Å². The average molecular weight is 748 g/mol. The Balaban J connectivity index is 1.02. The number of anilines is 3. The monoisotopic (exact) mass is 747 g/mol. The third-order valence-electron chi connectivity index (χ3n) is 9.29. The minimum Gasteiger partial charge on any atom is -0.508 e. The number of sulfone groups is 1. The highest BCUT2D eigenvalue weighted by Crippen LogP contribution is 2.39. The number of nitrogens with zero attached hydrogens (tertiary/aromatic N) is 1. The molecule has 1 aromatic heterocycles. The molecule has 0 spiro atoms. The molecule has 5 rings (SSSR count). The smallest absolute Gasteiger partial charge is 0.262 e. The Morgan fingerprint density at radius 2 is 1.75 bits per heavy atom. The molecule has 2 amide bonds. The first kappa shape index (κ1) is 39.3. The second kappa shape index (κ2) is 18.2. The molecule has 284 valence electrons. The molecule has 1 aliphatic heterocycles. The number of pyridine rings is 1. The standard InChI is InChI=1S/C39H49N5O8S/c1-25-17-29(21-31-36(25)42-22-32(39(40)48)37(31)43-26-13-12-14-28(18-26)51-2)53(49,50)16-11-9-7-5-3-4-6-8-10-15-41-23-34(46)30-19-27(45)20-33-38(30)52-24-35(47)44-33/h12-14,17-22,34,41,45-46H,3-11,15-16,23-24H2,1-2H3,(H2,40,48)(H,42,43)(H,44,47). The van der Waals surface area contributed by atoms with E-state index >= 15 is 0 Å². The van der Waals surface area contributed by atoms with Crippen LogP contribution in [0.1, 0.15) is 85.4 Å². The molecule has 3 aromatic carbocycles. The summed E-state index contributed by atoms with van der Waals surface area (Å²) >= 11 is 0. The van der Waals surface area contributed by atoms with E-state index in [2.05, 4.69) is 20.9 Å². The van der Waals surface area contributed by atoms with E-state index in [0.29, 0.717) is 63.6 Å². The van der Waals surface area contributed by atoms with Crippen molar-refractivity contribution in [3.63, 3.8) is 0 Å². The molecule has 0 saturated heterocycles. The van der Waals surface area contributed by atoms with Gasteiger partial charge in [-0.2, -0.15) is 0 Å². The Kier molecular flexibility index (Phi) is 13.5. The van der Waals surface area contributed by atoms with Crippen LogP contribution in [0.4, 0.5) is 17.1 Å². The molecule has 53 heavy (non-hydrogen) atoms. The molecule has 1 unspecified atom stereocenters. The number of methoxy groups -OCH3 is 1. The number of carbonyl (C=O) groups is 2. The van der Waals surface area contributed by atoms with Gasteiger partial charge in [0.15, 0.2) is 16.4 Å². The number of phenols is 1. The van der Waals surface area contributed by atoms with Crippen LogP contribution in [-0.2, 0) is 14.6 Å². The van der Waals surface area contributed by atoms with Gasteiger partial charge in [-0.15, -0.1) is 0 Å². The summed E-state index contributed by atoms with van der Waals surface area (Å²) in [6, 6.07) is 13.3. The lowest BCUT2D eigenvalue weighted by Crippen LogP contribution is -2.28. The highest BCUT2D eigenvalue weighted by atomic mass is 32.2. The summed E-state index contributed by atoms with van der Waals surface area (Å²) in [5.74, 6) is -0.0200. The van der Waals surface area contributed by atoms with Gasteiger partial charge in [0.2, 0.25) is 0 Å². The van der Waals surface area contributed by atoms with Gasteiger partial charge in [-0.1, -0.05) is 51.0 Å². The second-order valence-electron chi connectivity index (χ2n) is 13.4. The number of rotatable bonds is 20. The van der Waals surface area contributed by atoms with Crippen molar-refractivity contribution in [2.45, 2.75) is 75.7 Å². The van der Waals surface area contributed by atoms with Gasteiger partial charge in [0, 0.05) is 41.5 Å². The van der Waals surface area contributed by atoms with E-state index in [9.17, 15) is 28.2 Å². The third kappa shape index (κ3) is 10.4. The highest BCUT2D eigenvalue weighted by Gasteiger charge is 2.24. The van der Waals surface area contributed by atoms with Crippen LogP contribution in [0.5, 0.6) is 17.2 Å². The summed E-state index contributed by atoms with van der Waals surface area (Å²) in [6.07, 6.45) is 9.16. The Morgan fingerprint density at radius 3 is 2.47 bits per heavy atom. The summed E-state index contributed by atoms with van der Waals surface area (Å²) in [4.78, 5) is 28.6. The number of aromatic hydroxyl groups is 1. The predicted octanol–water partition coefficient (Wildman–Crippen LogP) is 6.04. The van der Waals surface area contributed by atoms with Gasteiger partial charge in [0.05, 0.1) is 46.3 Å². The number of amides is 2. The lowest BCUT2D eigenvalue weighted by Gasteiger charge is -2.23. The zero-order valence-electron chi connectivity index (χ0n) is 30.2. The first-order chi connectivity index (χ1) is 25.5. The van der Waals surface area contributed by atoms with E-state index in [4.69, 9.17) is 15.2 Å². The van der Waals surface area contributed by atoms with E-state index < -0.39 is 21.8 Å². The predicted molar refractivity (Wildman–Crippen MR) is 205 cm³/mol. The molecule has 2 heterocycles. The van der Waals surface area contributed by atoms with Crippen LogP contribution < -0.4 is 31.2 Å². The molecule has 0 saturated carbocycles. The van der Waals surface area contributed by atoms with Crippen LogP contribution in [0.15, 0.2) is 59.6 Å². The number of primary amides is 1. The van der Waals surface area contributed by atoms with Crippen LogP contribution in [0, 0.1) is 6.92 Å². The van der Waals surface area contributed by atoms with Gasteiger partial charge in [-0.25, -0.2) is 8.42 Å². The number of unbranched alkanes of at least 4 members (excludes halogenated alkanes) is 8. The summed E-state index contributed by atoms with van der Waals surface area (Å²) in [5.41, 5.74) is 8.92. The summed E-state index contributed by atoms with van der Waals surface area (Å²) in [7, 11) is -2.04. The molecule has 1 atom stereocenters. The molecule has 14 heteroatoms. The zero-order valence-corrected chi connectivity index (χ0v) is 31.1. The summed E-state index contributed by atoms with van der Waals surface area (Å²) < 4.78 is 37.8. The van der Waals surface area contributed by atoms with Gasteiger partial charge >= 0.3 is 0 Å². The number of hydrogen-bond acceptors (Lipinski definition) is 11. The van der Waals surface area contributed by atoms with E-state index in [1.807, 2.05) is 6.07 Å². The fourth-order valence-corrected chi connectivity index (χ4v) is 7.97. The van der Waals surface area contributed by atoms with Crippen molar-refractivity contribution in [2.24, 2.45) is 5.73 Å². The number of hydrogen-bond donors (Lipinski definition) is 6. The zero-order chi connectivity index (χ0) is 38.0. The number of nitrogens with two attached hydrogens (primary N) is 1. The maximum atomic E-state index is 13.5. The Hall–Kier alpha value is -4.92. The normalized spacial score (nSPS) is 13.2. The van der Waals surface area contributed by atoms with Gasteiger partial charge in [-0.3, -0.25) is 14.6 Å². The molecule has 0 bridgehead atoms. The molecule has 0 aliphatic carbocycles. The number of phenolic OH excluding ortho intramolecular Hbond substituents is 1. The maximum absolute atomic E-state index is 13.5. The van der Waals surface area contributed by atoms with Crippen LogP contribution in [0.25, 0.3) is 10.9 Å². The van der Waals surface area contributed by atoms with Gasteiger partial charge in [0.25, 0.3) is 11.8 Å². The largest absolute Gasteiger partial charge is 0.508 e. The van der Waals surface area contributed by atoms with Crippen LogP contribution in [0.2, 0.25) is 0 Å². The Labute approximate surface area is 310 Å². The minimum absolute atomic E-state index is 0.0265. The van der Waals surface area contributed by atoms with Crippen molar-refractivity contribution >= 4 is 49.6 Å². The van der Waals surface area contributed by atoms with Crippen molar-refractivity contribution in [1.29, 1.82) is 0 Å². The number of aliphatic hydroxyl groups is 1. The van der Waals surface area contributed by atoms with Crippen molar-refractivity contribution in [3.05, 3.63) is 71.4 Å². The molecular weight excluding hydrogens is 699 g/mol. The van der Waals surface area contributed by atoms with Crippen molar-refractivity contribution < 1.29 is 37.7 Å². The number of fused-ring (bicyclic) bond motifs is 2. The number of carbonyl (C=O) groups excluding carboxylic acids is 2. The van der Waals surface area contributed by atoms with Crippen molar-refractivity contribution in [3.8, 4) is 17.2 Å². The molecule has 0 radical (unpaired) electrons. The summed E-state index contributed by atoms with van der Waals surface area (Å²) in [6.45, 7) is 2.70. The molecular formula is C39H49N5O8S. The second-order valence-corrected chi connectivity index (χ2v) is 15.5. The SMILES string of the molecule is COc1cccc(Nc2c(C(N)=O)cnc3c(C)cc(S(=O)(=O)CCCCCCCCCCCNCC(O)c4cc(O)cc5c4OCC(=O)N5)cc23)c1. The molecule has 1 aliphatic rings. The van der Waals surface area contributed by atoms with Crippen LogP contribution in [-0.4, -0.2) is 68.0 Å². The van der Waals surface area contributed by atoms with Crippen molar-refractivity contribution in [1.82, 2.24) is 10.3 Å². The molecule has 0 fully saturated rings. The van der Waals surface area contributed by atoms with E-state index in [1.54, 1.807) is 44.4 Å². The highest BCUT2D eigenvalue weighted by molar-refractivity contribution is 7.91. The number of aromatic nitrogens is 1. The lowest BCUT2D eigenvalue weighted by atomic mass is 10.0. The van der Waals surface area contributed by atoms with Gasteiger partial charge in [0.1, 0.15) is 17.2 Å². The molecule has 4 aromatic rings. The molecule has 13 nitrogen and oxygen atoms in total. The number of aryl methyl sites for hydroxylation is 1. The topological polar surface area (TPSA) is 202 Å². The Morgan fingerprint density at radius 1 is 1.04 bits per heavy atom. The quantitative estimate of drug-likeness (QED) is 0.0576. The fourth-order valence-electron chi connectivity index (χ4n) is 6.50. The van der Waals surface area contributed by atoms with Gasteiger partial charge < -0.3 is 41.4 Å².